The van der Waals surface area contributed by atoms with Crippen LogP contribution in [0.4, 0.5) is 0 Å². The topological polar surface area (TPSA) is 87.5 Å². The fraction of sp³-hybridized carbons (Fsp3) is 0.833. The van der Waals surface area contributed by atoms with Crippen LogP contribution in [0.3, 0.4) is 0 Å². The van der Waals surface area contributed by atoms with Crippen LogP contribution in [-0.4, -0.2) is 66.5 Å². The number of hydrogen-bond donors (Lipinski definition) is 3. The average Bonchev–Trinajstić information content (AvgIpc) is 2.41. The van der Waals surface area contributed by atoms with Gasteiger partial charge >= 0.3 is 0 Å². The van der Waals surface area contributed by atoms with Crippen LogP contribution in [0.25, 0.3) is 0 Å². The van der Waals surface area contributed by atoms with Crippen molar-refractivity contribution in [3.63, 3.8) is 0 Å². The average molecular weight is 286 g/mol. The quantitative estimate of drug-likeness (QED) is 0.601. The van der Waals surface area contributed by atoms with Crippen LogP contribution in [0.5, 0.6) is 0 Å². The van der Waals surface area contributed by atoms with Gasteiger partial charge in [0.05, 0.1) is 12.6 Å². The molecule has 0 aromatic heterocycles. The number of likely N-dealkylation sites (tertiary alicyclic amines) is 1. The molecule has 2 amide bonds. The summed E-state index contributed by atoms with van der Waals surface area (Å²) in [4.78, 5) is 24.9. The number of nitrogens with zero attached hydrogens (tertiary/aromatic N) is 1. The first kappa shape index (κ1) is 14.6. The fourth-order valence-corrected chi connectivity index (χ4v) is 3.43. The summed E-state index contributed by atoms with van der Waals surface area (Å²) in [6.45, 7) is 2.86. The monoisotopic (exact) mass is 286 g/mol. The number of hydrogen-bond acceptors (Lipinski definition) is 5. The van der Waals surface area contributed by atoms with E-state index in [1.807, 2.05) is 16.7 Å². The Labute approximate surface area is 117 Å². The van der Waals surface area contributed by atoms with Crippen LogP contribution < -0.4 is 16.4 Å². The minimum Gasteiger partial charge on any atom is -0.369 e. The van der Waals surface area contributed by atoms with Crippen molar-refractivity contribution < 1.29 is 9.59 Å². The van der Waals surface area contributed by atoms with Crippen molar-refractivity contribution in [3.8, 4) is 0 Å². The minimum atomic E-state index is -0.286. The third-order valence-corrected chi connectivity index (χ3v) is 4.61. The summed E-state index contributed by atoms with van der Waals surface area (Å²) in [5, 5.41) is 6.34. The number of thioether (sulfide) groups is 1. The molecule has 2 aliphatic heterocycles. The summed E-state index contributed by atoms with van der Waals surface area (Å²) < 4.78 is 0. The van der Waals surface area contributed by atoms with Gasteiger partial charge in [0.2, 0.25) is 11.8 Å². The number of nitrogens with one attached hydrogen (secondary N) is 2. The van der Waals surface area contributed by atoms with Crippen molar-refractivity contribution in [2.24, 2.45) is 5.73 Å². The molecule has 19 heavy (non-hydrogen) atoms. The Kier molecular flexibility index (Phi) is 5.47. The van der Waals surface area contributed by atoms with Gasteiger partial charge in [0.25, 0.3) is 0 Å². The standard InChI is InChI=1S/C12H22N4O2S/c13-11(17)7-16-4-1-9(2-5-16)15-12(18)10-8-19-6-3-14-10/h9-10,14H,1-8H2,(H2,13,17)(H,15,18). The highest BCUT2D eigenvalue weighted by Crippen LogP contribution is 2.12. The molecule has 0 radical (unpaired) electrons. The molecule has 2 fully saturated rings. The van der Waals surface area contributed by atoms with Crippen molar-refractivity contribution in [3.05, 3.63) is 0 Å². The lowest BCUT2D eigenvalue weighted by molar-refractivity contribution is -0.124. The second kappa shape index (κ2) is 7.12. The van der Waals surface area contributed by atoms with Gasteiger partial charge < -0.3 is 16.4 Å². The predicted octanol–water partition coefficient (Wildman–Crippen LogP) is -1.24. The van der Waals surface area contributed by atoms with E-state index in [-0.39, 0.29) is 23.9 Å². The predicted molar refractivity (Wildman–Crippen MR) is 75.9 cm³/mol. The molecule has 0 spiro atoms. The number of nitrogens with two attached hydrogens (primary N) is 1. The molecule has 2 aliphatic rings. The van der Waals surface area contributed by atoms with Gasteiger partial charge in [-0.05, 0) is 12.8 Å². The first-order valence-corrected chi connectivity index (χ1v) is 7.93. The zero-order valence-corrected chi connectivity index (χ0v) is 11.9. The van der Waals surface area contributed by atoms with E-state index in [9.17, 15) is 9.59 Å². The molecule has 0 bridgehead atoms. The number of rotatable bonds is 4. The van der Waals surface area contributed by atoms with Crippen LogP contribution in [0.1, 0.15) is 12.8 Å². The van der Waals surface area contributed by atoms with E-state index in [2.05, 4.69) is 10.6 Å². The van der Waals surface area contributed by atoms with Gasteiger partial charge in [-0.2, -0.15) is 11.8 Å². The third-order valence-electron chi connectivity index (χ3n) is 3.55. The van der Waals surface area contributed by atoms with Crippen LogP contribution >= 0.6 is 11.8 Å². The summed E-state index contributed by atoms with van der Waals surface area (Å²) in [6, 6.07) is 0.174. The summed E-state index contributed by atoms with van der Waals surface area (Å²) >= 11 is 1.82. The Hall–Kier alpha value is -0.790. The van der Waals surface area contributed by atoms with Gasteiger partial charge in [0.15, 0.2) is 0 Å². The lowest BCUT2D eigenvalue weighted by atomic mass is 10.0. The van der Waals surface area contributed by atoms with Gasteiger partial charge in [0, 0.05) is 37.2 Å². The molecule has 2 heterocycles. The number of carbonyl (C=O) groups excluding carboxylic acids is 2. The molecule has 2 rings (SSSR count). The number of primary amides is 1. The van der Waals surface area contributed by atoms with E-state index in [0.29, 0.717) is 6.54 Å². The summed E-state index contributed by atoms with van der Waals surface area (Å²) in [5.41, 5.74) is 5.18. The zero-order valence-electron chi connectivity index (χ0n) is 11.1. The Morgan fingerprint density at radius 3 is 2.68 bits per heavy atom. The third kappa shape index (κ3) is 4.67. The molecule has 0 saturated carbocycles. The summed E-state index contributed by atoms with van der Waals surface area (Å²) in [7, 11) is 0. The van der Waals surface area contributed by atoms with Gasteiger partial charge in [-0.3, -0.25) is 14.5 Å². The largest absolute Gasteiger partial charge is 0.369 e. The van der Waals surface area contributed by atoms with Crippen LogP contribution in [0, 0.1) is 0 Å². The maximum Gasteiger partial charge on any atom is 0.238 e. The van der Waals surface area contributed by atoms with E-state index in [0.717, 1.165) is 44.0 Å². The molecule has 6 nitrogen and oxygen atoms in total. The first-order valence-electron chi connectivity index (χ1n) is 6.77. The lowest BCUT2D eigenvalue weighted by Gasteiger charge is -2.32. The molecule has 0 aromatic rings. The first-order chi connectivity index (χ1) is 9.15. The van der Waals surface area contributed by atoms with Gasteiger partial charge in [-0.25, -0.2) is 0 Å². The second-order valence-electron chi connectivity index (χ2n) is 5.11. The maximum absolute atomic E-state index is 12.1. The van der Waals surface area contributed by atoms with Gasteiger partial charge in [0.1, 0.15) is 0 Å². The molecule has 4 N–H and O–H groups in total. The molecule has 2 saturated heterocycles. The van der Waals surface area contributed by atoms with E-state index in [4.69, 9.17) is 5.73 Å². The van der Waals surface area contributed by atoms with Crippen molar-refractivity contribution in [2.75, 3.05) is 37.7 Å². The molecule has 108 valence electrons. The van der Waals surface area contributed by atoms with Crippen molar-refractivity contribution in [1.29, 1.82) is 0 Å². The number of carbonyl (C=O) groups is 2. The highest BCUT2D eigenvalue weighted by molar-refractivity contribution is 7.99. The maximum atomic E-state index is 12.1. The van der Waals surface area contributed by atoms with Crippen molar-refractivity contribution in [2.45, 2.75) is 24.9 Å². The van der Waals surface area contributed by atoms with Crippen molar-refractivity contribution >= 4 is 23.6 Å². The Bertz CT molecular complexity index is 326. The Balaban J connectivity index is 1.69. The van der Waals surface area contributed by atoms with E-state index < -0.39 is 0 Å². The normalized spacial score (nSPS) is 26.0. The van der Waals surface area contributed by atoms with E-state index in [1.54, 1.807) is 0 Å². The van der Waals surface area contributed by atoms with E-state index in [1.165, 1.54) is 0 Å². The van der Waals surface area contributed by atoms with Gasteiger partial charge in [-0.15, -0.1) is 0 Å². The second-order valence-corrected chi connectivity index (χ2v) is 6.26. The lowest BCUT2D eigenvalue weighted by Crippen LogP contribution is -2.53. The summed E-state index contributed by atoms with van der Waals surface area (Å²) in [6.07, 6.45) is 1.78. The van der Waals surface area contributed by atoms with Crippen LogP contribution in [-0.2, 0) is 9.59 Å². The molecule has 1 atom stereocenters. The van der Waals surface area contributed by atoms with E-state index >= 15 is 0 Å². The van der Waals surface area contributed by atoms with Gasteiger partial charge in [-0.1, -0.05) is 0 Å². The molecular weight excluding hydrogens is 264 g/mol. The SMILES string of the molecule is NC(=O)CN1CCC(NC(=O)C2CSCCN2)CC1. The number of piperidine rings is 1. The van der Waals surface area contributed by atoms with Crippen LogP contribution in [0.2, 0.25) is 0 Å². The highest BCUT2D eigenvalue weighted by Gasteiger charge is 2.26. The zero-order chi connectivity index (χ0) is 13.7. The van der Waals surface area contributed by atoms with Crippen molar-refractivity contribution in [1.82, 2.24) is 15.5 Å². The Morgan fingerprint density at radius 2 is 2.11 bits per heavy atom. The molecule has 7 heteroatoms. The molecule has 0 aliphatic carbocycles. The molecule has 0 aromatic carbocycles. The number of amides is 2. The molecule has 1 unspecified atom stereocenters. The fourth-order valence-electron chi connectivity index (χ4n) is 2.49. The smallest absolute Gasteiger partial charge is 0.238 e. The van der Waals surface area contributed by atoms with Crippen LogP contribution in [0.15, 0.2) is 0 Å². The summed E-state index contributed by atoms with van der Waals surface area (Å²) in [5.74, 6) is 1.76. The minimum absolute atomic E-state index is 0.0533. The molecular formula is C12H22N4O2S. The Morgan fingerprint density at radius 1 is 1.37 bits per heavy atom. The highest BCUT2D eigenvalue weighted by atomic mass is 32.2.